The molecule has 0 saturated heterocycles. The number of allylic oxidation sites excluding steroid dienone is 2. The van der Waals surface area contributed by atoms with Crippen LogP contribution < -0.4 is 4.90 Å². The summed E-state index contributed by atoms with van der Waals surface area (Å²) >= 11 is 0. The SMILES string of the molecule is Cc1ccc(C)c(N2C(=O)CC(c3ccncc3)C3=C2CCCC3=O)c1. The molecule has 132 valence electrons. The number of pyridine rings is 1. The van der Waals surface area contributed by atoms with Crippen LogP contribution in [0.4, 0.5) is 5.69 Å². The Balaban J connectivity index is 1.90. The smallest absolute Gasteiger partial charge is 0.232 e. The second-order valence-electron chi connectivity index (χ2n) is 7.19. The van der Waals surface area contributed by atoms with E-state index in [9.17, 15) is 9.59 Å². The fraction of sp³-hybridized carbons (Fsp3) is 0.318. The number of Topliss-reactive ketones (excluding diaryl/α,β-unsaturated/α-hetero) is 1. The van der Waals surface area contributed by atoms with Gasteiger partial charge in [-0.25, -0.2) is 0 Å². The van der Waals surface area contributed by atoms with Gasteiger partial charge in [0.25, 0.3) is 0 Å². The van der Waals surface area contributed by atoms with Gasteiger partial charge in [0.2, 0.25) is 5.91 Å². The minimum absolute atomic E-state index is 0.0639. The van der Waals surface area contributed by atoms with Gasteiger partial charge in [-0.3, -0.25) is 19.5 Å². The van der Waals surface area contributed by atoms with Gasteiger partial charge in [-0.2, -0.15) is 0 Å². The number of hydrogen-bond donors (Lipinski definition) is 0. The predicted molar refractivity (Wildman–Crippen MR) is 101 cm³/mol. The first-order chi connectivity index (χ1) is 12.6. The lowest BCUT2D eigenvalue weighted by Gasteiger charge is -2.39. The molecule has 4 heteroatoms. The molecule has 0 fully saturated rings. The molecular weight excluding hydrogens is 324 g/mol. The Hall–Kier alpha value is -2.75. The summed E-state index contributed by atoms with van der Waals surface area (Å²) in [6.07, 6.45) is 5.91. The maximum atomic E-state index is 13.2. The summed E-state index contributed by atoms with van der Waals surface area (Å²) in [7, 11) is 0. The van der Waals surface area contributed by atoms with E-state index in [1.807, 2.05) is 49.1 Å². The van der Waals surface area contributed by atoms with E-state index < -0.39 is 0 Å². The molecule has 1 amide bonds. The molecule has 0 bridgehead atoms. The van der Waals surface area contributed by atoms with E-state index >= 15 is 0 Å². The van der Waals surface area contributed by atoms with Crippen LogP contribution in [0.3, 0.4) is 0 Å². The number of carbonyl (C=O) groups is 2. The molecule has 2 heterocycles. The van der Waals surface area contributed by atoms with Crippen molar-refractivity contribution < 1.29 is 9.59 Å². The highest BCUT2D eigenvalue weighted by Crippen LogP contribution is 2.43. The molecule has 0 spiro atoms. The average molecular weight is 346 g/mol. The van der Waals surface area contributed by atoms with Gasteiger partial charge >= 0.3 is 0 Å². The summed E-state index contributed by atoms with van der Waals surface area (Å²) in [5.74, 6) is 0.0829. The highest BCUT2D eigenvalue weighted by Gasteiger charge is 2.39. The summed E-state index contributed by atoms with van der Waals surface area (Å²) in [6, 6.07) is 9.96. The lowest BCUT2D eigenvalue weighted by Crippen LogP contribution is -2.40. The van der Waals surface area contributed by atoms with E-state index in [0.29, 0.717) is 12.8 Å². The highest BCUT2D eigenvalue weighted by molar-refractivity contribution is 6.07. The van der Waals surface area contributed by atoms with Gasteiger partial charge < -0.3 is 0 Å². The Labute approximate surface area is 153 Å². The van der Waals surface area contributed by atoms with Crippen molar-refractivity contribution in [1.29, 1.82) is 0 Å². The number of hydrogen-bond acceptors (Lipinski definition) is 3. The van der Waals surface area contributed by atoms with Crippen LogP contribution in [-0.2, 0) is 9.59 Å². The van der Waals surface area contributed by atoms with Gasteiger partial charge in [-0.15, -0.1) is 0 Å². The Bertz CT molecular complexity index is 915. The first-order valence-corrected chi connectivity index (χ1v) is 9.12. The molecule has 1 unspecified atom stereocenters. The summed E-state index contributed by atoms with van der Waals surface area (Å²) in [5, 5.41) is 0. The van der Waals surface area contributed by atoms with Crippen LogP contribution >= 0.6 is 0 Å². The van der Waals surface area contributed by atoms with E-state index in [1.165, 1.54) is 0 Å². The van der Waals surface area contributed by atoms with Crippen molar-refractivity contribution in [3.8, 4) is 0 Å². The molecule has 26 heavy (non-hydrogen) atoms. The Morgan fingerprint density at radius 2 is 1.81 bits per heavy atom. The Morgan fingerprint density at radius 1 is 1.04 bits per heavy atom. The summed E-state index contributed by atoms with van der Waals surface area (Å²) in [5.41, 5.74) is 5.79. The van der Waals surface area contributed by atoms with Crippen molar-refractivity contribution >= 4 is 17.4 Å². The normalized spacial score (nSPS) is 20.4. The molecule has 1 aromatic carbocycles. The standard InChI is InChI=1S/C22H22N2O2/c1-14-6-7-15(2)19(12-14)24-18-4-3-5-20(25)22(18)17(13-21(24)26)16-8-10-23-11-9-16/h6-12,17H,3-5,13H2,1-2H3. The zero-order valence-electron chi connectivity index (χ0n) is 15.2. The minimum atomic E-state index is -0.158. The first-order valence-electron chi connectivity index (χ1n) is 9.12. The van der Waals surface area contributed by atoms with Crippen molar-refractivity contribution in [2.45, 2.75) is 45.4 Å². The number of anilines is 1. The largest absolute Gasteiger partial charge is 0.294 e. The fourth-order valence-corrected chi connectivity index (χ4v) is 4.11. The van der Waals surface area contributed by atoms with Gasteiger partial charge in [0.15, 0.2) is 5.78 Å². The summed E-state index contributed by atoms with van der Waals surface area (Å²) in [6.45, 7) is 4.04. The second-order valence-corrected chi connectivity index (χ2v) is 7.19. The van der Waals surface area contributed by atoms with E-state index in [1.54, 1.807) is 12.4 Å². The minimum Gasteiger partial charge on any atom is -0.294 e. The third kappa shape index (κ3) is 2.75. The molecule has 2 aliphatic rings. The number of rotatable bonds is 2. The topological polar surface area (TPSA) is 50.3 Å². The van der Waals surface area contributed by atoms with Crippen molar-refractivity contribution in [1.82, 2.24) is 4.98 Å². The van der Waals surface area contributed by atoms with Crippen molar-refractivity contribution in [3.05, 3.63) is 70.7 Å². The van der Waals surface area contributed by atoms with Crippen LogP contribution in [0.2, 0.25) is 0 Å². The lowest BCUT2D eigenvalue weighted by atomic mass is 9.77. The van der Waals surface area contributed by atoms with Crippen LogP contribution in [0.1, 0.15) is 48.3 Å². The quantitative estimate of drug-likeness (QED) is 0.818. The number of aromatic nitrogens is 1. The molecule has 0 radical (unpaired) electrons. The van der Waals surface area contributed by atoms with E-state index in [4.69, 9.17) is 0 Å². The zero-order chi connectivity index (χ0) is 18.3. The summed E-state index contributed by atoms with van der Waals surface area (Å²) < 4.78 is 0. The van der Waals surface area contributed by atoms with Crippen LogP contribution in [-0.4, -0.2) is 16.7 Å². The molecule has 4 rings (SSSR count). The van der Waals surface area contributed by atoms with E-state index in [2.05, 4.69) is 4.98 Å². The predicted octanol–water partition coefficient (Wildman–Crippen LogP) is 4.23. The van der Waals surface area contributed by atoms with Crippen molar-refractivity contribution in [2.24, 2.45) is 0 Å². The van der Waals surface area contributed by atoms with Crippen LogP contribution in [0.15, 0.2) is 54.0 Å². The van der Waals surface area contributed by atoms with Crippen molar-refractivity contribution in [3.63, 3.8) is 0 Å². The molecule has 1 aliphatic heterocycles. The van der Waals surface area contributed by atoms with Gasteiger partial charge in [0.05, 0.1) is 5.69 Å². The number of ketones is 1. The van der Waals surface area contributed by atoms with Gasteiger partial charge in [0.1, 0.15) is 0 Å². The molecule has 1 atom stereocenters. The molecule has 0 saturated carbocycles. The first kappa shape index (κ1) is 16.7. The Morgan fingerprint density at radius 3 is 2.58 bits per heavy atom. The number of aryl methyl sites for hydroxylation is 2. The van der Waals surface area contributed by atoms with Crippen LogP contribution in [0.5, 0.6) is 0 Å². The lowest BCUT2D eigenvalue weighted by molar-refractivity contribution is -0.119. The van der Waals surface area contributed by atoms with E-state index in [-0.39, 0.29) is 17.6 Å². The van der Waals surface area contributed by atoms with Gasteiger partial charge in [-0.1, -0.05) is 12.1 Å². The summed E-state index contributed by atoms with van der Waals surface area (Å²) in [4.78, 5) is 31.9. The number of amides is 1. The molecule has 4 nitrogen and oxygen atoms in total. The van der Waals surface area contributed by atoms with Crippen LogP contribution in [0, 0.1) is 13.8 Å². The number of carbonyl (C=O) groups excluding carboxylic acids is 2. The van der Waals surface area contributed by atoms with Gasteiger partial charge in [-0.05, 0) is 61.6 Å². The maximum absolute atomic E-state index is 13.2. The van der Waals surface area contributed by atoms with Crippen molar-refractivity contribution in [2.75, 3.05) is 4.90 Å². The molecular formula is C22H22N2O2. The number of nitrogens with zero attached hydrogens (tertiary/aromatic N) is 2. The van der Waals surface area contributed by atoms with Crippen LogP contribution in [0.25, 0.3) is 0 Å². The average Bonchev–Trinajstić information content (AvgIpc) is 2.64. The monoisotopic (exact) mass is 346 g/mol. The molecule has 1 aromatic heterocycles. The maximum Gasteiger partial charge on any atom is 0.232 e. The molecule has 0 N–H and O–H groups in total. The number of benzene rings is 1. The second kappa shape index (κ2) is 6.52. The van der Waals surface area contributed by atoms with Gasteiger partial charge in [0, 0.05) is 42.4 Å². The zero-order valence-corrected chi connectivity index (χ0v) is 15.2. The highest BCUT2D eigenvalue weighted by atomic mass is 16.2. The molecule has 1 aliphatic carbocycles. The van der Waals surface area contributed by atoms with E-state index in [0.717, 1.165) is 46.5 Å². The third-order valence-corrected chi connectivity index (χ3v) is 5.39. The molecule has 2 aromatic rings. The fourth-order valence-electron chi connectivity index (χ4n) is 4.11. The Kier molecular flexibility index (Phi) is 4.19. The third-order valence-electron chi connectivity index (χ3n) is 5.39.